The van der Waals surface area contributed by atoms with Gasteiger partial charge in [-0.3, -0.25) is 0 Å². The number of benzene rings is 1. The second-order valence-corrected chi connectivity index (χ2v) is 5.36. The van der Waals surface area contributed by atoms with Crippen molar-refractivity contribution in [1.82, 2.24) is 9.97 Å². The van der Waals surface area contributed by atoms with Gasteiger partial charge < -0.3 is 19.5 Å². The lowest BCUT2D eigenvalue weighted by molar-refractivity contribution is 0.174. The molecule has 0 radical (unpaired) electrons. The molecule has 2 aliphatic rings. The van der Waals surface area contributed by atoms with Crippen molar-refractivity contribution in [2.45, 2.75) is 18.8 Å². The second-order valence-electron chi connectivity index (χ2n) is 5.36. The molecule has 6 heteroatoms. The standard InChI is InChI=1S/C16H17N3O3/c1-2-11(1)16-18-6-5-15(19-16)17-7-8-20-12-3-4-13-14(9-12)22-10-21-13/h3-6,9,11H,1-2,7-8,10H2,(H,17,18,19). The van der Waals surface area contributed by atoms with Gasteiger partial charge in [-0.15, -0.1) is 0 Å². The molecule has 0 atom stereocenters. The van der Waals surface area contributed by atoms with E-state index < -0.39 is 0 Å². The molecule has 6 nitrogen and oxygen atoms in total. The molecule has 0 saturated heterocycles. The van der Waals surface area contributed by atoms with Crippen LogP contribution in [0, 0.1) is 0 Å². The van der Waals surface area contributed by atoms with Crippen LogP contribution in [0.1, 0.15) is 24.6 Å². The van der Waals surface area contributed by atoms with Crippen LogP contribution in [0.2, 0.25) is 0 Å². The van der Waals surface area contributed by atoms with Crippen LogP contribution < -0.4 is 19.5 Å². The quantitative estimate of drug-likeness (QED) is 0.827. The van der Waals surface area contributed by atoms with E-state index >= 15 is 0 Å². The Labute approximate surface area is 128 Å². The number of nitrogens with zero attached hydrogens (tertiary/aromatic N) is 2. The molecule has 1 aliphatic heterocycles. The SMILES string of the molecule is c1cc(NCCOc2ccc3c(c2)OCO3)nc(C2CC2)n1. The molecule has 2 heterocycles. The third-order valence-electron chi connectivity index (χ3n) is 3.64. The van der Waals surface area contributed by atoms with Crippen molar-refractivity contribution in [3.63, 3.8) is 0 Å². The van der Waals surface area contributed by atoms with Crippen LogP contribution in [-0.4, -0.2) is 29.9 Å². The van der Waals surface area contributed by atoms with E-state index in [0.29, 0.717) is 19.1 Å². The molecule has 1 N–H and O–H groups in total. The number of hydrogen-bond donors (Lipinski definition) is 1. The summed E-state index contributed by atoms with van der Waals surface area (Å²) in [5, 5.41) is 3.26. The van der Waals surface area contributed by atoms with Gasteiger partial charge in [0.15, 0.2) is 11.5 Å². The highest BCUT2D eigenvalue weighted by Gasteiger charge is 2.26. The summed E-state index contributed by atoms with van der Waals surface area (Å²) in [6.45, 7) is 1.50. The van der Waals surface area contributed by atoms with E-state index in [1.165, 1.54) is 12.8 Å². The molecule has 0 bridgehead atoms. The zero-order valence-electron chi connectivity index (χ0n) is 12.1. The fourth-order valence-corrected chi connectivity index (χ4v) is 2.33. The summed E-state index contributed by atoms with van der Waals surface area (Å²) in [7, 11) is 0. The van der Waals surface area contributed by atoms with Crippen LogP contribution in [0.25, 0.3) is 0 Å². The Balaban J connectivity index is 1.27. The van der Waals surface area contributed by atoms with E-state index in [1.807, 2.05) is 30.5 Å². The normalized spacial score (nSPS) is 15.6. The maximum Gasteiger partial charge on any atom is 0.231 e. The molecule has 22 heavy (non-hydrogen) atoms. The molecule has 0 unspecified atom stereocenters. The average Bonchev–Trinajstić information content (AvgIpc) is 3.30. The van der Waals surface area contributed by atoms with E-state index in [-0.39, 0.29) is 6.79 Å². The lowest BCUT2D eigenvalue weighted by atomic mass is 10.3. The van der Waals surface area contributed by atoms with Crippen molar-refractivity contribution in [3.8, 4) is 17.2 Å². The van der Waals surface area contributed by atoms with E-state index in [9.17, 15) is 0 Å². The first-order chi connectivity index (χ1) is 10.9. The highest BCUT2D eigenvalue weighted by atomic mass is 16.7. The third-order valence-corrected chi connectivity index (χ3v) is 3.64. The van der Waals surface area contributed by atoms with Crippen molar-refractivity contribution in [2.24, 2.45) is 0 Å². The largest absolute Gasteiger partial charge is 0.492 e. The zero-order valence-corrected chi connectivity index (χ0v) is 12.1. The molecule has 2 aromatic rings. The lowest BCUT2D eigenvalue weighted by Gasteiger charge is -2.09. The molecule has 114 valence electrons. The Hall–Kier alpha value is -2.50. The van der Waals surface area contributed by atoms with Gasteiger partial charge in [0.1, 0.15) is 24.0 Å². The molecular formula is C16H17N3O3. The molecule has 4 rings (SSSR count). The minimum atomic E-state index is 0.275. The van der Waals surface area contributed by atoms with Crippen LogP contribution in [-0.2, 0) is 0 Å². The van der Waals surface area contributed by atoms with Crippen LogP contribution in [0.15, 0.2) is 30.5 Å². The van der Waals surface area contributed by atoms with Gasteiger partial charge in [0, 0.05) is 18.2 Å². The molecule has 1 saturated carbocycles. The lowest BCUT2D eigenvalue weighted by Crippen LogP contribution is -2.13. The molecule has 1 aromatic heterocycles. The smallest absolute Gasteiger partial charge is 0.231 e. The Morgan fingerprint density at radius 2 is 2.09 bits per heavy atom. The van der Waals surface area contributed by atoms with Gasteiger partial charge in [-0.05, 0) is 31.0 Å². The average molecular weight is 299 g/mol. The van der Waals surface area contributed by atoms with Gasteiger partial charge >= 0.3 is 0 Å². The van der Waals surface area contributed by atoms with Crippen LogP contribution in [0.5, 0.6) is 17.2 Å². The van der Waals surface area contributed by atoms with E-state index in [1.54, 1.807) is 0 Å². The zero-order chi connectivity index (χ0) is 14.8. The topological polar surface area (TPSA) is 65.5 Å². The predicted molar refractivity (Wildman–Crippen MR) is 80.6 cm³/mol. The van der Waals surface area contributed by atoms with Crippen LogP contribution in [0.4, 0.5) is 5.82 Å². The first kappa shape index (κ1) is 13.2. The van der Waals surface area contributed by atoms with E-state index in [2.05, 4.69) is 15.3 Å². The Morgan fingerprint density at radius 1 is 1.18 bits per heavy atom. The van der Waals surface area contributed by atoms with Crippen molar-refractivity contribution < 1.29 is 14.2 Å². The Kier molecular flexibility index (Phi) is 3.42. The molecule has 1 aliphatic carbocycles. The highest BCUT2D eigenvalue weighted by molar-refractivity contribution is 5.46. The van der Waals surface area contributed by atoms with Crippen molar-refractivity contribution >= 4 is 5.82 Å². The highest BCUT2D eigenvalue weighted by Crippen LogP contribution is 2.38. The summed E-state index contributed by atoms with van der Waals surface area (Å²) in [5.74, 6) is 4.63. The van der Waals surface area contributed by atoms with Crippen LogP contribution >= 0.6 is 0 Å². The van der Waals surface area contributed by atoms with Crippen molar-refractivity contribution in [2.75, 3.05) is 25.3 Å². The maximum absolute atomic E-state index is 5.70. The fourth-order valence-electron chi connectivity index (χ4n) is 2.33. The van der Waals surface area contributed by atoms with Gasteiger partial charge in [-0.25, -0.2) is 9.97 Å². The number of aromatic nitrogens is 2. The Bertz CT molecular complexity index is 673. The number of ether oxygens (including phenoxy) is 3. The van der Waals surface area contributed by atoms with Crippen molar-refractivity contribution in [3.05, 3.63) is 36.3 Å². The van der Waals surface area contributed by atoms with Gasteiger partial charge in [0.25, 0.3) is 0 Å². The molecule has 0 amide bonds. The maximum atomic E-state index is 5.70. The molecular weight excluding hydrogens is 282 g/mol. The summed E-state index contributed by atoms with van der Waals surface area (Å²) in [5.41, 5.74) is 0. The first-order valence-corrected chi connectivity index (χ1v) is 7.48. The molecule has 1 aromatic carbocycles. The summed E-state index contributed by atoms with van der Waals surface area (Å²) < 4.78 is 16.3. The van der Waals surface area contributed by atoms with Crippen molar-refractivity contribution in [1.29, 1.82) is 0 Å². The van der Waals surface area contributed by atoms with Gasteiger partial charge in [-0.1, -0.05) is 0 Å². The summed E-state index contributed by atoms with van der Waals surface area (Å²) in [6.07, 6.45) is 4.22. The summed E-state index contributed by atoms with van der Waals surface area (Å²) in [6, 6.07) is 7.46. The first-order valence-electron chi connectivity index (χ1n) is 7.48. The third kappa shape index (κ3) is 2.90. The molecule has 1 fully saturated rings. The predicted octanol–water partition coefficient (Wildman–Crippen LogP) is 2.57. The summed E-state index contributed by atoms with van der Waals surface area (Å²) >= 11 is 0. The van der Waals surface area contributed by atoms with Gasteiger partial charge in [-0.2, -0.15) is 0 Å². The van der Waals surface area contributed by atoms with E-state index in [0.717, 1.165) is 28.9 Å². The Morgan fingerprint density at radius 3 is 3.00 bits per heavy atom. The monoisotopic (exact) mass is 299 g/mol. The number of nitrogens with one attached hydrogen (secondary N) is 1. The number of hydrogen-bond acceptors (Lipinski definition) is 6. The van der Waals surface area contributed by atoms with Gasteiger partial charge in [0.05, 0.1) is 6.54 Å². The number of rotatable bonds is 6. The minimum absolute atomic E-state index is 0.275. The minimum Gasteiger partial charge on any atom is -0.492 e. The second kappa shape index (κ2) is 5.71. The van der Waals surface area contributed by atoms with Crippen LogP contribution in [0.3, 0.4) is 0 Å². The number of fused-ring (bicyclic) bond motifs is 1. The summed E-state index contributed by atoms with van der Waals surface area (Å²) in [4.78, 5) is 8.81. The number of anilines is 1. The molecule has 0 spiro atoms. The fraction of sp³-hybridized carbons (Fsp3) is 0.375. The van der Waals surface area contributed by atoms with Gasteiger partial charge in [0.2, 0.25) is 6.79 Å². The van der Waals surface area contributed by atoms with E-state index in [4.69, 9.17) is 14.2 Å².